The van der Waals surface area contributed by atoms with Gasteiger partial charge in [0.1, 0.15) is 0 Å². The van der Waals surface area contributed by atoms with Crippen molar-refractivity contribution in [2.75, 3.05) is 38.1 Å². The zero-order valence-corrected chi connectivity index (χ0v) is 16.9. The van der Waals surface area contributed by atoms with E-state index in [1.54, 1.807) is 10.9 Å². The van der Waals surface area contributed by atoms with E-state index in [2.05, 4.69) is 29.0 Å². The molecule has 0 amide bonds. The first kappa shape index (κ1) is 18.6. The number of hydrogen-bond acceptors (Lipinski definition) is 5. The van der Waals surface area contributed by atoms with Crippen LogP contribution in [-0.4, -0.2) is 58.9 Å². The molecule has 2 fully saturated rings. The second-order valence-electron chi connectivity index (χ2n) is 8.50. The average Bonchev–Trinajstić information content (AvgIpc) is 2.75. The smallest absolute Gasteiger partial charge is 0.261 e. The highest BCUT2D eigenvalue weighted by atomic mass is 16.3. The molecule has 152 valence electrons. The molecule has 3 aromatic rings. The van der Waals surface area contributed by atoms with Gasteiger partial charge >= 0.3 is 0 Å². The Morgan fingerprint density at radius 2 is 1.72 bits per heavy atom. The molecular weight excluding hydrogens is 364 g/mol. The van der Waals surface area contributed by atoms with Crippen LogP contribution >= 0.6 is 0 Å². The molecule has 0 radical (unpaired) electrons. The molecule has 2 aromatic carbocycles. The number of piperazine rings is 1. The van der Waals surface area contributed by atoms with E-state index in [4.69, 9.17) is 4.98 Å². The predicted molar refractivity (Wildman–Crippen MR) is 117 cm³/mol. The summed E-state index contributed by atoms with van der Waals surface area (Å²) in [5.41, 5.74) is 1.83. The van der Waals surface area contributed by atoms with Crippen LogP contribution in [0.3, 0.4) is 0 Å². The molecule has 2 aliphatic rings. The van der Waals surface area contributed by atoms with Gasteiger partial charge in [-0.1, -0.05) is 37.1 Å². The van der Waals surface area contributed by atoms with E-state index in [0.717, 1.165) is 73.8 Å². The maximum absolute atomic E-state index is 13.5. The third-order valence-corrected chi connectivity index (χ3v) is 6.67. The van der Waals surface area contributed by atoms with Crippen LogP contribution in [0.25, 0.3) is 21.7 Å². The molecular formula is C23H28N4O2. The van der Waals surface area contributed by atoms with Crippen molar-refractivity contribution in [3.8, 4) is 0 Å². The van der Waals surface area contributed by atoms with E-state index in [-0.39, 0.29) is 11.6 Å². The van der Waals surface area contributed by atoms with Crippen molar-refractivity contribution in [2.45, 2.75) is 37.8 Å². The summed E-state index contributed by atoms with van der Waals surface area (Å²) >= 11 is 0. The van der Waals surface area contributed by atoms with Crippen molar-refractivity contribution in [2.24, 2.45) is 0 Å². The monoisotopic (exact) mass is 392 g/mol. The fourth-order valence-electron chi connectivity index (χ4n) is 4.92. The van der Waals surface area contributed by atoms with E-state index < -0.39 is 6.10 Å². The molecule has 6 heteroatoms. The summed E-state index contributed by atoms with van der Waals surface area (Å²) in [4.78, 5) is 22.9. The van der Waals surface area contributed by atoms with Crippen LogP contribution in [0.1, 0.15) is 31.7 Å². The lowest BCUT2D eigenvalue weighted by Crippen LogP contribution is -2.44. The normalized spacial score (nSPS) is 23.7. The largest absolute Gasteiger partial charge is 0.391 e. The lowest BCUT2D eigenvalue weighted by atomic mass is 9.92. The molecule has 1 saturated carbocycles. The first-order valence-electron chi connectivity index (χ1n) is 10.7. The van der Waals surface area contributed by atoms with Gasteiger partial charge in [0.2, 0.25) is 0 Å². The number of likely N-dealkylation sites (N-methyl/N-ethyl adjacent to an activating group) is 1. The molecule has 1 aliphatic heterocycles. The third-order valence-electron chi connectivity index (χ3n) is 6.67. The van der Waals surface area contributed by atoms with Crippen molar-refractivity contribution in [3.05, 3.63) is 47.0 Å². The van der Waals surface area contributed by atoms with Crippen LogP contribution in [0.15, 0.2) is 41.5 Å². The molecule has 1 N–H and O–H groups in total. The first-order chi connectivity index (χ1) is 14.1. The van der Waals surface area contributed by atoms with Gasteiger partial charge < -0.3 is 14.9 Å². The topological polar surface area (TPSA) is 61.6 Å². The van der Waals surface area contributed by atoms with Crippen LogP contribution in [0, 0.1) is 0 Å². The second-order valence-corrected chi connectivity index (χ2v) is 8.50. The zero-order valence-electron chi connectivity index (χ0n) is 16.9. The van der Waals surface area contributed by atoms with Crippen LogP contribution in [-0.2, 0) is 0 Å². The minimum absolute atomic E-state index is 0.0397. The quantitative estimate of drug-likeness (QED) is 0.680. The summed E-state index contributed by atoms with van der Waals surface area (Å²) < 4.78 is 1.68. The Labute approximate surface area is 170 Å². The standard InChI is InChI=1S/C23H28N4O2/c1-25-10-12-26(13-11-25)20-14-18-22(17-7-3-2-6-16(17)20)24-15-27(23(18)29)19-8-4-5-9-21(19)28/h2-3,6-7,14-15,19,21,28H,4-5,8-13H2,1H3/t19-,21-/m0/s1. The van der Waals surface area contributed by atoms with Gasteiger partial charge in [-0.05, 0) is 26.0 Å². The van der Waals surface area contributed by atoms with Crippen molar-refractivity contribution in [3.63, 3.8) is 0 Å². The number of anilines is 1. The molecule has 0 bridgehead atoms. The average molecular weight is 393 g/mol. The Morgan fingerprint density at radius 3 is 2.48 bits per heavy atom. The van der Waals surface area contributed by atoms with Crippen LogP contribution in [0.5, 0.6) is 0 Å². The number of benzene rings is 2. The first-order valence-corrected chi connectivity index (χ1v) is 10.7. The van der Waals surface area contributed by atoms with Crippen LogP contribution in [0.2, 0.25) is 0 Å². The Kier molecular flexibility index (Phi) is 4.76. The van der Waals surface area contributed by atoms with Crippen LogP contribution in [0.4, 0.5) is 5.69 Å². The van der Waals surface area contributed by atoms with Crippen molar-refractivity contribution >= 4 is 27.4 Å². The number of aromatic nitrogens is 2. The molecule has 1 saturated heterocycles. The van der Waals surface area contributed by atoms with Gasteiger partial charge in [-0.25, -0.2) is 4.98 Å². The predicted octanol–water partition coefficient (Wildman–Crippen LogP) is 2.78. The lowest BCUT2D eigenvalue weighted by Gasteiger charge is -2.35. The van der Waals surface area contributed by atoms with Crippen molar-refractivity contribution in [1.82, 2.24) is 14.5 Å². The lowest BCUT2D eigenvalue weighted by molar-refractivity contribution is 0.0735. The Hall–Kier alpha value is -2.44. The van der Waals surface area contributed by atoms with E-state index in [0.29, 0.717) is 5.39 Å². The van der Waals surface area contributed by atoms with Crippen molar-refractivity contribution < 1.29 is 5.11 Å². The molecule has 2 heterocycles. The van der Waals surface area contributed by atoms with Gasteiger partial charge in [-0.15, -0.1) is 0 Å². The number of rotatable bonds is 2. The minimum atomic E-state index is -0.474. The molecule has 0 unspecified atom stereocenters. The van der Waals surface area contributed by atoms with Gasteiger partial charge in [-0.3, -0.25) is 9.36 Å². The maximum Gasteiger partial charge on any atom is 0.261 e. The Balaban J connectivity index is 1.70. The molecule has 6 nitrogen and oxygen atoms in total. The number of fused-ring (bicyclic) bond motifs is 3. The van der Waals surface area contributed by atoms with E-state index in [9.17, 15) is 9.90 Å². The van der Waals surface area contributed by atoms with Gasteiger partial charge in [-0.2, -0.15) is 0 Å². The summed E-state index contributed by atoms with van der Waals surface area (Å²) in [6, 6.07) is 10.1. The highest BCUT2D eigenvalue weighted by Crippen LogP contribution is 2.33. The highest BCUT2D eigenvalue weighted by Gasteiger charge is 2.27. The highest BCUT2D eigenvalue weighted by molar-refractivity contribution is 6.11. The van der Waals surface area contributed by atoms with E-state index >= 15 is 0 Å². The fourth-order valence-corrected chi connectivity index (χ4v) is 4.92. The third kappa shape index (κ3) is 3.20. The number of aliphatic hydroxyl groups excluding tert-OH is 1. The fraction of sp³-hybridized carbons (Fsp3) is 0.478. The van der Waals surface area contributed by atoms with Gasteiger partial charge in [0.05, 0.1) is 29.4 Å². The molecule has 1 aromatic heterocycles. The maximum atomic E-state index is 13.5. The van der Waals surface area contributed by atoms with E-state index in [1.165, 1.54) is 0 Å². The van der Waals surface area contributed by atoms with E-state index in [1.807, 2.05) is 18.2 Å². The molecule has 2 atom stereocenters. The number of hydrogen-bond donors (Lipinski definition) is 1. The van der Waals surface area contributed by atoms with Gasteiger partial charge in [0.25, 0.3) is 5.56 Å². The van der Waals surface area contributed by atoms with Gasteiger partial charge in [0.15, 0.2) is 0 Å². The minimum Gasteiger partial charge on any atom is -0.391 e. The summed E-state index contributed by atoms with van der Waals surface area (Å²) in [6.45, 7) is 3.92. The SMILES string of the molecule is CN1CCN(c2cc3c(=O)n([C@H]4CCCC[C@@H]4O)cnc3c3ccccc23)CC1. The Morgan fingerprint density at radius 1 is 1.00 bits per heavy atom. The molecule has 29 heavy (non-hydrogen) atoms. The number of nitrogens with zero attached hydrogens (tertiary/aromatic N) is 4. The summed E-state index contributed by atoms with van der Waals surface area (Å²) in [7, 11) is 2.15. The van der Waals surface area contributed by atoms with Crippen LogP contribution < -0.4 is 10.5 Å². The summed E-state index contributed by atoms with van der Waals surface area (Å²) in [5.74, 6) is 0. The van der Waals surface area contributed by atoms with Crippen molar-refractivity contribution in [1.29, 1.82) is 0 Å². The number of aliphatic hydroxyl groups is 1. The molecule has 1 aliphatic carbocycles. The van der Waals surface area contributed by atoms with Gasteiger partial charge in [0, 0.05) is 42.6 Å². The zero-order chi connectivity index (χ0) is 20.0. The molecule has 5 rings (SSSR count). The second kappa shape index (κ2) is 7.43. The summed E-state index contributed by atoms with van der Waals surface area (Å²) in [5, 5.41) is 13.3. The summed E-state index contributed by atoms with van der Waals surface area (Å²) in [6.07, 6.45) is 4.80. The Bertz CT molecular complexity index is 1100. The molecule has 0 spiro atoms.